The minimum atomic E-state index is -1.04. The Balaban J connectivity index is 2.00. The minimum absolute atomic E-state index is 0.0849. The lowest BCUT2D eigenvalue weighted by molar-refractivity contribution is -0.159. The summed E-state index contributed by atoms with van der Waals surface area (Å²) in [4.78, 5) is 24.2. The lowest BCUT2D eigenvalue weighted by atomic mass is 9.95. The standard InChI is InChI=1S/C13H14BrNO5/c1-13(20-5-11(17)18)6-15(7-13)12(19)9-4-8(14)2-3-10(9)16/h2-4,16H,5-7H2,1H3,(H,17,18). The number of rotatable bonds is 4. The monoisotopic (exact) mass is 343 g/mol. The molecule has 2 rings (SSSR count). The molecule has 1 saturated heterocycles. The first-order chi connectivity index (χ1) is 9.31. The molecule has 6 nitrogen and oxygen atoms in total. The largest absolute Gasteiger partial charge is 0.507 e. The lowest BCUT2D eigenvalue weighted by Gasteiger charge is -2.47. The number of benzene rings is 1. The first-order valence-electron chi connectivity index (χ1n) is 5.94. The van der Waals surface area contributed by atoms with Crippen LogP contribution in [0.2, 0.25) is 0 Å². The van der Waals surface area contributed by atoms with Crippen LogP contribution >= 0.6 is 15.9 Å². The van der Waals surface area contributed by atoms with Crippen LogP contribution < -0.4 is 0 Å². The van der Waals surface area contributed by atoms with Crippen LogP contribution in [0, 0.1) is 0 Å². The molecule has 108 valence electrons. The predicted molar refractivity (Wildman–Crippen MR) is 73.7 cm³/mol. The van der Waals surface area contributed by atoms with Crippen molar-refractivity contribution in [1.82, 2.24) is 4.90 Å². The molecular formula is C13H14BrNO5. The van der Waals surface area contributed by atoms with Crippen LogP contribution in [0.5, 0.6) is 5.75 Å². The minimum Gasteiger partial charge on any atom is -0.507 e. The molecular weight excluding hydrogens is 330 g/mol. The summed E-state index contributed by atoms with van der Waals surface area (Å²) in [7, 11) is 0. The number of carboxylic acid groups (broad SMARTS) is 1. The molecule has 0 unspecified atom stereocenters. The van der Waals surface area contributed by atoms with Crippen LogP contribution in [0.1, 0.15) is 17.3 Å². The van der Waals surface area contributed by atoms with Crippen molar-refractivity contribution in [2.24, 2.45) is 0 Å². The van der Waals surface area contributed by atoms with E-state index in [1.807, 2.05) is 0 Å². The number of hydrogen-bond acceptors (Lipinski definition) is 4. The maximum Gasteiger partial charge on any atom is 0.329 e. The fraction of sp³-hybridized carbons (Fsp3) is 0.385. The van der Waals surface area contributed by atoms with E-state index in [1.165, 1.54) is 11.0 Å². The first-order valence-corrected chi connectivity index (χ1v) is 6.73. The van der Waals surface area contributed by atoms with E-state index in [-0.39, 0.29) is 23.8 Å². The molecule has 7 heteroatoms. The predicted octanol–water partition coefficient (Wildman–Crippen LogP) is 1.47. The van der Waals surface area contributed by atoms with Gasteiger partial charge in [-0.25, -0.2) is 4.79 Å². The zero-order valence-corrected chi connectivity index (χ0v) is 12.4. The fourth-order valence-electron chi connectivity index (χ4n) is 2.08. The SMILES string of the molecule is CC1(OCC(=O)O)CN(C(=O)c2cc(Br)ccc2O)C1. The van der Waals surface area contributed by atoms with Gasteiger partial charge in [-0.15, -0.1) is 0 Å². The van der Waals surface area contributed by atoms with Gasteiger partial charge in [-0.3, -0.25) is 4.79 Å². The van der Waals surface area contributed by atoms with E-state index < -0.39 is 11.6 Å². The zero-order valence-electron chi connectivity index (χ0n) is 10.8. The molecule has 0 saturated carbocycles. The number of carboxylic acids is 1. The molecule has 0 radical (unpaired) electrons. The second-order valence-corrected chi connectivity index (χ2v) is 5.87. The summed E-state index contributed by atoms with van der Waals surface area (Å²) in [5.41, 5.74) is -0.435. The molecule has 0 atom stereocenters. The first kappa shape index (κ1) is 14.8. The second-order valence-electron chi connectivity index (χ2n) is 4.96. The average Bonchev–Trinajstić information content (AvgIpc) is 2.35. The Kier molecular flexibility index (Phi) is 4.01. The summed E-state index contributed by atoms with van der Waals surface area (Å²) in [5.74, 6) is -1.43. The highest BCUT2D eigenvalue weighted by atomic mass is 79.9. The lowest BCUT2D eigenvalue weighted by Crippen LogP contribution is -2.63. The van der Waals surface area contributed by atoms with Gasteiger partial charge in [0, 0.05) is 4.47 Å². The zero-order chi connectivity index (χ0) is 14.9. The van der Waals surface area contributed by atoms with Gasteiger partial charge in [0.25, 0.3) is 5.91 Å². The topological polar surface area (TPSA) is 87.1 Å². The normalized spacial score (nSPS) is 16.6. The van der Waals surface area contributed by atoms with Crippen LogP contribution in [0.25, 0.3) is 0 Å². The number of hydrogen-bond donors (Lipinski definition) is 2. The molecule has 0 aromatic heterocycles. The number of amides is 1. The molecule has 20 heavy (non-hydrogen) atoms. The maximum atomic E-state index is 12.2. The Labute approximate surface area is 124 Å². The van der Waals surface area contributed by atoms with Gasteiger partial charge in [0.05, 0.1) is 18.7 Å². The molecule has 1 fully saturated rings. The van der Waals surface area contributed by atoms with Crippen molar-refractivity contribution in [2.45, 2.75) is 12.5 Å². The number of ether oxygens (including phenoxy) is 1. The van der Waals surface area contributed by atoms with Gasteiger partial charge in [0.15, 0.2) is 0 Å². The summed E-state index contributed by atoms with van der Waals surface area (Å²) in [6.07, 6.45) is 0. The van der Waals surface area contributed by atoms with Gasteiger partial charge >= 0.3 is 5.97 Å². The van der Waals surface area contributed by atoms with E-state index in [1.54, 1.807) is 19.1 Å². The van der Waals surface area contributed by atoms with Crippen molar-refractivity contribution in [2.75, 3.05) is 19.7 Å². The van der Waals surface area contributed by atoms with Crippen LogP contribution in [0.15, 0.2) is 22.7 Å². The molecule has 0 bridgehead atoms. The van der Waals surface area contributed by atoms with E-state index in [4.69, 9.17) is 9.84 Å². The highest BCUT2D eigenvalue weighted by molar-refractivity contribution is 9.10. The van der Waals surface area contributed by atoms with E-state index in [9.17, 15) is 14.7 Å². The molecule has 1 aromatic carbocycles. The number of carbonyl (C=O) groups is 2. The number of phenolic OH excluding ortho intramolecular Hbond substituents is 1. The van der Waals surface area contributed by atoms with Gasteiger partial charge in [-0.2, -0.15) is 0 Å². The van der Waals surface area contributed by atoms with E-state index in [0.29, 0.717) is 17.6 Å². The summed E-state index contributed by atoms with van der Waals surface area (Å²) in [6, 6.07) is 4.63. The van der Waals surface area contributed by atoms with Gasteiger partial charge in [0.1, 0.15) is 18.0 Å². The Bertz CT molecular complexity index is 554. The Morgan fingerprint density at radius 2 is 2.10 bits per heavy atom. The van der Waals surface area contributed by atoms with Crippen LogP contribution in [-0.2, 0) is 9.53 Å². The Morgan fingerprint density at radius 3 is 2.70 bits per heavy atom. The number of halogens is 1. The van der Waals surface area contributed by atoms with Crippen LogP contribution in [0.4, 0.5) is 0 Å². The summed E-state index contributed by atoms with van der Waals surface area (Å²) < 4.78 is 5.93. The number of aromatic hydroxyl groups is 1. The van der Waals surface area contributed by atoms with Gasteiger partial charge in [-0.1, -0.05) is 15.9 Å². The molecule has 1 aliphatic rings. The Hall–Kier alpha value is -1.60. The molecule has 1 heterocycles. The van der Waals surface area contributed by atoms with Crippen molar-refractivity contribution in [3.05, 3.63) is 28.2 Å². The highest BCUT2D eigenvalue weighted by Gasteiger charge is 2.43. The van der Waals surface area contributed by atoms with Crippen molar-refractivity contribution in [1.29, 1.82) is 0 Å². The summed E-state index contributed by atoms with van der Waals surface area (Å²) in [6.45, 7) is 1.96. The molecule has 0 spiro atoms. The van der Waals surface area contributed by atoms with Gasteiger partial charge < -0.3 is 19.8 Å². The van der Waals surface area contributed by atoms with Gasteiger partial charge in [-0.05, 0) is 25.1 Å². The quantitative estimate of drug-likeness (QED) is 0.864. The fourth-order valence-corrected chi connectivity index (χ4v) is 2.44. The van der Waals surface area contributed by atoms with Gasteiger partial charge in [0.2, 0.25) is 0 Å². The third kappa shape index (κ3) is 3.10. The molecule has 2 N–H and O–H groups in total. The average molecular weight is 344 g/mol. The number of nitrogens with zero attached hydrogens (tertiary/aromatic N) is 1. The number of phenols is 1. The molecule has 1 aromatic rings. The summed E-state index contributed by atoms with van der Waals surface area (Å²) in [5, 5.41) is 18.3. The number of carbonyl (C=O) groups excluding carboxylic acids is 1. The highest BCUT2D eigenvalue weighted by Crippen LogP contribution is 2.29. The third-order valence-corrected chi connectivity index (χ3v) is 3.56. The van der Waals surface area contributed by atoms with E-state index >= 15 is 0 Å². The van der Waals surface area contributed by atoms with Crippen molar-refractivity contribution >= 4 is 27.8 Å². The second kappa shape index (κ2) is 5.41. The number of likely N-dealkylation sites (tertiary alicyclic amines) is 1. The third-order valence-electron chi connectivity index (χ3n) is 3.07. The number of aliphatic carboxylic acids is 1. The van der Waals surface area contributed by atoms with Crippen LogP contribution in [0.3, 0.4) is 0 Å². The van der Waals surface area contributed by atoms with Crippen molar-refractivity contribution in [3.63, 3.8) is 0 Å². The molecule has 1 amide bonds. The Morgan fingerprint density at radius 1 is 1.45 bits per heavy atom. The smallest absolute Gasteiger partial charge is 0.329 e. The molecule has 0 aliphatic carbocycles. The van der Waals surface area contributed by atoms with E-state index in [2.05, 4.69) is 15.9 Å². The van der Waals surface area contributed by atoms with Crippen molar-refractivity contribution in [3.8, 4) is 5.75 Å². The summed E-state index contributed by atoms with van der Waals surface area (Å²) >= 11 is 3.25. The van der Waals surface area contributed by atoms with Crippen molar-refractivity contribution < 1.29 is 24.5 Å². The van der Waals surface area contributed by atoms with Crippen LogP contribution in [-0.4, -0.2) is 52.3 Å². The van der Waals surface area contributed by atoms with E-state index in [0.717, 1.165) is 0 Å². The maximum absolute atomic E-state index is 12.2. The molecule has 1 aliphatic heterocycles.